The highest BCUT2D eigenvalue weighted by Gasteiger charge is 2.33. The Kier molecular flexibility index (Phi) is 18.6. The molecule has 0 aliphatic rings. The SMILES string of the molecule is CC(C)Oc1ccc(CN(C)CCC(N)(CCCCB(O)O)C(=O)O)cc1.Cl.Cl.O. The number of aliphatic carboxylic acids is 1. The van der Waals surface area contributed by atoms with Crippen molar-refractivity contribution >= 4 is 37.9 Å². The van der Waals surface area contributed by atoms with Crippen LogP contribution in [0.5, 0.6) is 5.75 Å². The number of nitrogens with two attached hydrogens (primary N) is 1. The molecule has 0 saturated carbocycles. The van der Waals surface area contributed by atoms with E-state index in [1.54, 1.807) is 0 Å². The minimum Gasteiger partial charge on any atom is -0.491 e. The molecule has 1 aromatic rings. The monoisotopic (exact) mass is 470 g/mol. The van der Waals surface area contributed by atoms with Gasteiger partial charge >= 0.3 is 13.1 Å². The van der Waals surface area contributed by atoms with Gasteiger partial charge in [-0.15, -0.1) is 24.8 Å². The molecular formula is C19H37BCl2N2O6. The number of carboxylic acids is 1. The van der Waals surface area contributed by atoms with Crippen molar-refractivity contribution in [3.63, 3.8) is 0 Å². The summed E-state index contributed by atoms with van der Waals surface area (Å²) < 4.78 is 5.63. The van der Waals surface area contributed by atoms with Gasteiger partial charge in [-0.3, -0.25) is 4.79 Å². The summed E-state index contributed by atoms with van der Waals surface area (Å²) in [5.41, 5.74) is 5.91. The molecule has 0 aliphatic carbocycles. The molecular weight excluding hydrogens is 434 g/mol. The number of nitrogens with zero attached hydrogens (tertiary/aromatic N) is 1. The van der Waals surface area contributed by atoms with E-state index in [9.17, 15) is 9.90 Å². The first kappa shape index (κ1) is 33.6. The van der Waals surface area contributed by atoms with Gasteiger partial charge in [-0.2, -0.15) is 0 Å². The molecule has 1 aromatic carbocycles. The Morgan fingerprint density at radius 3 is 2.20 bits per heavy atom. The lowest BCUT2D eigenvalue weighted by molar-refractivity contribution is -0.144. The van der Waals surface area contributed by atoms with Crippen molar-refractivity contribution in [1.29, 1.82) is 0 Å². The maximum atomic E-state index is 11.6. The van der Waals surface area contributed by atoms with Crippen molar-refractivity contribution in [3.05, 3.63) is 29.8 Å². The predicted octanol–water partition coefficient (Wildman–Crippen LogP) is 1.74. The number of rotatable bonds is 13. The number of carboxylic acid groups (broad SMARTS) is 1. The van der Waals surface area contributed by atoms with Crippen LogP contribution in [0.1, 0.15) is 45.1 Å². The topological polar surface area (TPSA) is 148 Å². The van der Waals surface area contributed by atoms with Crippen LogP contribution in [0.4, 0.5) is 0 Å². The summed E-state index contributed by atoms with van der Waals surface area (Å²) >= 11 is 0. The predicted molar refractivity (Wildman–Crippen MR) is 125 cm³/mol. The summed E-state index contributed by atoms with van der Waals surface area (Å²) in [5, 5.41) is 27.2. The molecule has 7 N–H and O–H groups in total. The second-order valence-electron chi connectivity index (χ2n) is 7.49. The minimum atomic E-state index is -1.36. The Bertz CT molecular complexity index is 581. The molecule has 0 heterocycles. The van der Waals surface area contributed by atoms with E-state index in [2.05, 4.69) is 0 Å². The fraction of sp³-hybridized carbons (Fsp3) is 0.632. The van der Waals surface area contributed by atoms with E-state index >= 15 is 0 Å². The van der Waals surface area contributed by atoms with Gasteiger partial charge in [-0.1, -0.05) is 25.0 Å². The Balaban J connectivity index is -0.00000243. The first-order valence-electron chi connectivity index (χ1n) is 9.45. The van der Waals surface area contributed by atoms with Crippen LogP contribution in [0.15, 0.2) is 24.3 Å². The fourth-order valence-electron chi connectivity index (χ4n) is 2.83. The lowest BCUT2D eigenvalue weighted by Crippen LogP contribution is -2.49. The Labute approximate surface area is 192 Å². The van der Waals surface area contributed by atoms with Crippen molar-refractivity contribution in [2.75, 3.05) is 13.6 Å². The molecule has 0 saturated heterocycles. The van der Waals surface area contributed by atoms with E-state index in [0.29, 0.717) is 38.8 Å². The van der Waals surface area contributed by atoms with Gasteiger partial charge in [-0.25, -0.2) is 0 Å². The van der Waals surface area contributed by atoms with Crippen LogP contribution in [-0.4, -0.2) is 63.9 Å². The van der Waals surface area contributed by atoms with E-state index in [0.717, 1.165) is 11.3 Å². The van der Waals surface area contributed by atoms with E-state index < -0.39 is 18.6 Å². The molecule has 0 amide bonds. The van der Waals surface area contributed by atoms with Gasteiger partial charge in [0, 0.05) is 13.1 Å². The summed E-state index contributed by atoms with van der Waals surface area (Å²) in [6.07, 6.45) is 2.07. The third-order valence-electron chi connectivity index (χ3n) is 4.45. The van der Waals surface area contributed by atoms with Crippen LogP contribution < -0.4 is 10.5 Å². The molecule has 0 spiro atoms. The smallest absolute Gasteiger partial charge is 0.451 e. The zero-order chi connectivity index (χ0) is 20.4. The standard InChI is InChI=1S/C19H33BN2O5.2ClH.H2O/c1-15(2)27-17-8-6-16(7-9-17)14-22(3)13-11-19(21,18(23)24)10-4-5-12-20(25)26;;;/h6-9,15,25-26H,4-5,10-14,21H2,1-3H3,(H,23,24);2*1H;1H2. The van der Waals surface area contributed by atoms with E-state index in [1.165, 1.54) is 0 Å². The van der Waals surface area contributed by atoms with Gasteiger partial charge in [0.1, 0.15) is 11.3 Å². The number of hydrogen-bond acceptors (Lipinski definition) is 6. The van der Waals surface area contributed by atoms with Crippen molar-refractivity contribution < 1.29 is 30.2 Å². The van der Waals surface area contributed by atoms with Gasteiger partial charge in [0.15, 0.2) is 0 Å². The summed E-state index contributed by atoms with van der Waals surface area (Å²) in [6.45, 7) is 5.20. The number of hydrogen-bond donors (Lipinski definition) is 4. The van der Waals surface area contributed by atoms with Crippen LogP contribution in [0, 0.1) is 0 Å². The Morgan fingerprint density at radius 1 is 1.17 bits per heavy atom. The van der Waals surface area contributed by atoms with Gasteiger partial charge < -0.3 is 36.0 Å². The summed E-state index contributed by atoms with van der Waals surface area (Å²) in [7, 11) is 0.577. The highest BCUT2D eigenvalue weighted by Crippen LogP contribution is 2.19. The van der Waals surface area contributed by atoms with Crippen LogP contribution in [0.2, 0.25) is 6.32 Å². The molecule has 0 aliphatic heterocycles. The summed E-state index contributed by atoms with van der Waals surface area (Å²) in [4.78, 5) is 13.6. The molecule has 1 atom stereocenters. The highest BCUT2D eigenvalue weighted by atomic mass is 35.5. The largest absolute Gasteiger partial charge is 0.491 e. The average molecular weight is 471 g/mol. The van der Waals surface area contributed by atoms with E-state index in [1.807, 2.05) is 50.1 Å². The molecule has 176 valence electrons. The number of carbonyl (C=O) groups is 1. The molecule has 0 bridgehead atoms. The Hall–Kier alpha value is -1.07. The van der Waals surface area contributed by atoms with Crippen molar-refractivity contribution in [1.82, 2.24) is 4.90 Å². The van der Waals surface area contributed by atoms with E-state index in [-0.39, 0.29) is 42.7 Å². The van der Waals surface area contributed by atoms with Crippen LogP contribution in [-0.2, 0) is 11.3 Å². The zero-order valence-electron chi connectivity index (χ0n) is 17.9. The molecule has 0 aromatic heterocycles. The van der Waals surface area contributed by atoms with Crippen LogP contribution >= 0.6 is 24.8 Å². The summed E-state index contributed by atoms with van der Waals surface area (Å²) in [6, 6.07) is 7.87. The van der Waals surface area contributed by atoms with Gasteiger partial charge in [0.25, 0.3) is 0 Å². The first-order chi connectivity index (χ1) is 12.6. The van der Waals surface area contributed by atoms with Crippen molar-refractivity contribution in [2.45, 2.75) is 64.0 Å². The van der Waals surface area contributed by atoms with Gasteiger partial charge in [-0.05, 0) is 57.8 Å². The molecule has 1 rings (SSSR count). The maximum Gasteiger partial charge on any atom is 0.451 e. The van der Waals surface area contributed by atoms with Gasteiger partial charge in [0.2, 0.25) is 0 Å². The van der Waals surface area contributed by atoms with Gasteiger partial charge in [0.05, 0.1) is 6.10 Å². The zero-order valence-corrected chi connectivity index (χ0v) is 19.5. The lowest BCUT2D eigenvalue weighted by atomic mass is 9.81. The number of ether oxygens (including phenoxy) is 1. The van der Waals surface area contributed by atoms with Crippen LogP contribution in [0.25, 0.3) is 0 Å². The molecule has 8 nitrogen and oxygen atoms in total. The van der Waals surface area contributed by atoms with Crippen LogP contribution in [0.3, 0.4) is 0 Å². The molecule has 1 unspecified atom stereocenters. The highest BCUT2D eigenvalue weighted by molar-refractivity contribution is 6.40. The average Bonchev–Trinajstić information content (AvgIpc) is 2.58. The number of halogens is 2. The molecule has 0 radical (unpaired) electrons. The quantitative estimate of drug-likeness (QED) is 0.253. The normalized spacial score (nSPS) is 12.3. The van der Waals surface area contributed by atoms with Crippen molar-refractivity contribution in [2.24, 2.45) is 5.73 Å². The fourth-order valence-corrected chi connectivity index (χ4v) is 2.83. The lowest BCUT2D eigenvalue weighted by Gasteiger charge is -2.27. The molecule has 30 heavy (non-hydrogen) atoms. The van der Waals surface area contributed by atoms with Crippen molar-refractivity contribution in [3.8, 4) is 5.75 Å². The second kappa shape index (κ2) is 16.6. The Morgan fingerprint density at radius 2 is 1.73 bits per heavy atom. The maximum absolute atomic E-state index is 11.6. The first-order valence-corrected chi connectivity index (χ1v) is 9.45. The second-order valence-corrected chi connectivity index (χ2v) is 7.49. The molecule has 0 fully saturated rings. The molecule has 11 heteroatoms. The van der Waals surface area contributed by atoms with E-state index in [4.69, 9.17) is 20.5 Å². The number of benzene rings is 1. The third kappa shape index (κ3) is 13.3. The third-order valence-corrected chi connectivity index (χ3v) is 4.45. The number of unbranched alkanes of at least 4 members (excludes halogenated alkanes) is 1. The minimum absolute atomic E-state index is 0. The summed E-state index contributed by atoms with van der Waals surface area (Å²) in [5.74, 6) is -0.188.